The van der Waals surface area contributed by atoms with Crippen molar-refractivity contribution >= 4 is 28.2 Å². The molecule has 3 unspecified atom stereocenters. The number of rotatable bonds is 7. The molecule has 4 rings (SSSR count). The molecule has 1 aliphatic carbocycles. The molecule has 3 atom stereocenters. The average molecular weight is 450 g/mol. The summed E-state index contributed by atoms with van der Waals surface area (Å²) in [6.45, 7) is 10.6. The number of amides is 1. The van der Waals surface area contributed by atoms with Crippen LogP contribution in [0.1, 0.15) is 60.8 Å². The van der Waals surface area contributed by atoms with Crippen molar-refractivity contribution in [2.24, 2.45) is 0 Å². The normalized spacial score (nSPS) is 26.7. The number of anilines is 1. The quantitative estimate of drug-likeness (QED) is 0.646. The van der Waals surface area contributed by atoms with Crippen LogP contribution in [0, 0.1) is 0 Å². The van der Waals surface area contributed by atoms with Gasteiger partial charge in [-0.25, -0.2) is 4.79 Å². The highest BCUT2D eigenvalue weighted by Gasteiger charge is 2.32. The number of ether oxygens (including phenoxy) is 2. The predicted molar refractivity (Wildman–Crippen MR) is 122 cm³/mol. The van der Waals surface area contributed by atoms with E-state index in [4.69, 9.17) is 9.47 Å². The number of carbonyl (C=O) groups excluding carboxylic acids is 2. The van der Waals surface area contributed by atoms with Crippen LogP contribution in [0.25, 0.3) is 0 Å². The zero-order chi connectivity index (χ0) is 22.0. The molecule has 172 valence electrons. The zero-order valence-corrected chi connectivity index (χ0v) is 19.8. The second kappa shape index (κ2) is 9.98. The SMILES string of the molecule is CCOC(=O)c1c(NC(=O)CN2CCCC2CN2CC(C)OC(C)C2)sc2c1CCC2. The summed E-state index contributed by atoms with van der Waals surface area (Å²) in [5, 5.41) is 3.71. The highest BCUT2D eigenvalue weighted by molar-refractivity contribution is 7.17. The van der Waals surface area contributed by atoms with Crippen molar-refractivity contribution in [2.45, 2.75) is 71.1 Å². The zero-order valence-electron chi connectivity index (χ0n) is 18.9. The molecule has 0 spiro atoms. The van der Waals surface area contributed by atoms with Gasteiger partial charge in [0.2, 0.25) is 5.91 Å². The number of nitrogens with zero attached hydrogens (tertiary/aromatic N) is 2. The van der Waals surface area contributed by atoms with E-state index in [1.165, 1.54) is 4.88 Å². The minimum absolute atomic E-state index is 0.0407. The first-order valence-corrected chi connectivity index (χ1v) is 12.5. The number of esters is 1. The van der Waals surface area contributed by atoms with Gasteiger partial charge in [0.1, 0.15) is 5.00 Å². The van der Waals surface area contributed by atoms with E-state index in [1.807, 2.05) is 6.92 Å². The Morgan fingerprint density at radius 3 is 2.71 bits per heavy atom. The fourth-order valence-corrected chi connectivity index (χ4v) is 6.60. The van der Waals surface area contributed by atoms with Crippen LogP contribution >= 0.6 is 11.3 Å². The van der Waals surface area contributed by atoms with Crippen molar-refractivity contribution in [1.29, 1.82) is 0 Å². The first-order valence-electron chi connectivity index (χ1n) is 11.7. The van der Waals surface area contributed by atoms with E-state index < -0.39 is 0 Å². The van der Waals surface area contributed by atoms with Gasteiger partial charge in [-0.05, 0) is 65.0 Å². The molecule has 31 heavy (non-hydrogen) atoms. The lowest BCUT2D eigenvalue weighted by Gasteiger charge is -2.38. The van der Waals surface area contributed by atoms with E-state index >= 15 is 0 Å². The van der Waals surface area contributed by atoms with E-state index in [9.17, 15) is 9.59 Å². The maximum absolute atomic E-state index is 12.9. The second-order valence-electron chi connectivity index (χ2n) is 9.07. The molecule has 0 radical (unpaired) electrons. The Balaban J connectivity index is 1.38. The van der Waals surface area contributed by atoms with Gasteiger partial charge in [-0.15, -0.1) is 11.3 Å². The number of fused-ring (bicyclic) bond motifs is 1. The number of morpholine rings is 1. The number of likely N-dealkylation sites (tertiary alicyclic amines) is 1. The highest BCUT2D eigenvalue weighted by Crippen LogP contribution is 2.39. The molecule has 0 aromatic carbocycles. The van der Waals surface area contributed by atoms with Crippen LogP contribution in [0.3, 0.4) is 0 Å². The largest absolute Gasteiger partial charge is 0.462 e. The summed E-state index contributed by atoms with van der Waals surface area (Å²) in [5.41, 5.74) is 1.66. The maximum Gasteiger partial charge on any atom is 0.341 e. The van der Waals surface area contributed by atoms with E-state index in [0.717, 1.165) is 63.8 Å². The fraction of sp³-hybridized carbons (Fsp3) is 0.739. The topological polar surface area (TPSA) is 71.1 Å². The lowest BCUT2D eigenvalue weighted by Crippen LogP contribution is -2.50. The molecule has 2 fully saturated rings. The van der Waals surface area contributed by atoms with Crippen LogP contribution in [-0.2, 0) is 27.1 Å². The summed E-state index contributed by atoms with van der Waals surface area (Å²) in [5.74, 6) is -0.354. The Hall–Kier alpha value is -1.48. The van der Waals surface area contributed by atoms with Gasteiger partial charge in [0.25, 0.3) is 0 Å². The number of hydrogen-bond acceptors (Lipinski definition) is 7. The fourth-order valence-electron chi connectivity index (χ4n) is 5.30. The molecule has 2 aliphatic heterocycles. The average Bonchev–Trinajstić information content (AvgIpc) is 3.38. The molecule has 2 saturated heterocycles. The van der Waals surface area contributed by atoms with Crippen molar-refractivity contribution in [3.05, 3.63) is 16.0 Å². The van der Waals surface area contributed by atoms with Gasteiger partial charge in [-0.3, -0.25) is 14.6 Å². The van der Waals surface area contributed by atoms with E-state index in [0.29, 0.717) is 29.8 Å². The lowest BCUT2D eigenvalue weighted by atomic mass is 10.1. The van der Waals surface area contributed by atoms with Crippen LogP contribution < -0.4 is 5.32 Å². The van der Waals surface area contributed by atoms with Crippen molar-refractivity contribution in [3.8, 4) is 0 Å². The molecule has 3 aliphatic rings. The van der Waals surface area contributed by atoms with Crippen molar-refractivity contribution in [2.75, 3.05) is 44.6 Å². The van der Waals surface area contributed by atoms with Crippen molar-refractivity contribution < 1.29 is 19.1 Å². The summed E-state index contributed by atoms with van der Waals surface area (Å²) in [7, 11) is 0. The van der Waals surface area contributed by atoms with Crippen LogP contribution in [-0.4, -0.2) is 79.3 Å². The third kappa shape index (κ3) is 5.30. The van der Waals surface area contributed by atoms with Crippen LogP contribution in [0.5, 0.6) is 0 Å². The van der Waals surface area contributed by atoms with Gasteiger partial charge in [0.15, 0.2) is 0 Å². The summed E-state index contributed by atoms with van der Waals surface area (Å²) in [4.78, 5) is 31.5. The van der Waals surface area contributed by atoms with E-state index in [2.05, 4.69) is 29.0 Å². The number of carbonyl (C=O) groups is 2. The third-order valence-electron chi connectivity index (χ3n) is 6.46. The second-order valence-corrected chi connectivity index (χ2v) is 10.2. The van der Waals surface area contributed by atoms with Crippen molar-refractivity contribution in [1.82, 2.24) is 9.80 Å². The summed E-state index contributed by atoms with van der Waals surface area (Å²) in [6, 6.07) is 0.390. The summed E-state index contributed by atoms with van der Waals surface area (Å²) in [6.07, 6.45) is 5.68. The minimum atomic E-state index is -0.313. The molecular formula is C23H35N3O4S. The first kappa shape index (κ1) is 22.7. The lowest BCUT2D eigenvalue weighted by molar-refractivity contribution is -0.117. The van der Waals surface area contributed by atoms with Crippen molar-refractivity contribution in [3.63, 3.8) is 0 Å². The summed E-state index contributed by atoms with van der Waals surface area (Å²) >= 11 is 1.55. The third-order valence-corrected chi connectivity index (χ3v) is 7.67. The number of hydrogen-bond donors (Lipinski definition) is 1. The Morgan fingerprint density at radius 2 is 1.97 bits per heavy atom. The molecule has 1 amide bonds. The molecule has 7 nitrogen and oxygen atoms in total. The molecule has 8 heteroatoms. The molecule has 1 aromatic heterocycles. The molecular weight excluding hydrogens is 414 g/mol. The number of thiophene rings is 1. The van der Waals surface area contributed by atoms with Gasteiger partial charge >= 0.3 is 5.97 Å². The molecule has 1 N–H and O–H groups in total. The maximum atomic E-state index is 12.9. The highest BCUT2D eigenvalue weighted by atomic mass is 32.1. The van der Waals surface area contributed by atoms with Gasteiger partial charge in [0.05, 0.1) is 30.9 Å². The Morgan fingerprint density at radius 1 is 1.19 bits per heavy atom. The number of nitrogens with one attached hydrogen (secondary N) is 1. The molecule has 0 saturated carbocycles. The standard InChI is InChI=1S/C23H35N3O4S/c1-4-29-23(28)21-18-8-5-9-19(18)31-22(21)24-20(27)14-26-10-6-7-17(26)13-25-11-15(2)30-16(3)12-25/h15-17H,4-14H2,1-3H3,(H,24,27). The van der Waals surface area contributed by atoms with Gasteiger partial charge in [0, 0.05) is 30.6 Å². The molecule has 1 aromatic rings. The van der Waals surface area contributed by atoms with Gasteiger partial charge in [-0.2, -0.15) is 0 Å². The van der Waals surface area contributed by atoms with Crippen LogP contribution in [0.15, 0.2) is 0 Å². The first-order chi connectivity index (χ1) is 14.9. The van der Waals surface area contributed by atoms with Gasteiger partial charge in [-0.1, -0.05) is 0 Å². The Bertz CT molecular complexity index is 801. The Kier molecular flexibility index (Phi) is 7.31. The predicted octanol–water partition coefficient (Wildman–Crippen LogP) is 2.93. The van der Waals surface area contributed by atoms with Crippen LogP contribution in [0.2, 0.25) is 0 Å². The molecule has 0 bridgehead atoms. The smallest absolute Gasteiger partial charge is 0.341 e. The monoisotopic (exact) mass is 449 g/mol. The van der Waals surface area contributed by atoms with Gasteiger partial charge < -0.3 is 14.8 Å². The minimum Gasteiger partial charge on any atom is -0.462 e. The van der Waals surface area contributed by atoms with E-state index in [1.54, 1.807) is 11.3 Å². The van der Waals surface area contributed by atoms with E-state index in [-0.39, 0.29) is 24.1 Å². The Labute approximate surface area is 189 Å². The number of aryl methyl sites for hydroxylation is 1. The van der Waals surface area contributed by atoms with Crippen LogP contribution in [0.4, 0.5) is 5.00 Å². The molecule has 3 heterocycles. The summed E-state index contributed by atoms with van der Waals surface area (Å²) < 4.78 is 11.1.